The molecule has 0 N–H and O–H groups in total. The second kappa shape index (κ2) is 7.74. The number of ether oxygens (including phenoxy) is 3. The quantitative estimate of drug-likeness (QED) is 0.501. The van der Waals surface area contributed by atoms with Gasteiger partial charge in [-0.3, -0.25) is 9.59 Å². The van der Waals surface area contributed by atoms with Crippen molar-refractivity contribution in [3.63, 3.8) is 0 Å². The fraction of sp³-hybridized carbons (Fsp3) is 0.150. The van der Waals surface area contributed by atoms with E-state index < -0.39 is 17.4 Å². The van der Waals surface area contributed by atoms with Crippen LogP contribution in [-0.2, 0) is 9.53 Å². The zero-order valence-electron chi connectivity index (χ0n) is 14.7. The van der Waals surface area contributed by atoms with E-state index in [1.54, 1.807) is 37.3 Å². The lowest BCUT2D eigenvalue weighted by atomic mass is 10.2. The van der Waals surface area contributed by atoms with Crippen LogP contribution in [0.3, 0.4) is 0 Å². The Hall–Kier alpha value is -3.61. The molecule has 0 bridgehead atoms. The van der Waals surface area contributed by atoms with Crippen LogP contribution < -0.4 is 14.9 Å². The lowest BCUT2D eigenvalue weighted by Crippen LogP contribution is -2.14. The fourth-order valence-electron chi connectivity index (χ4n) is 2.42. The molecule has 3 rings (SSSR count). The number of fused-ring (bicyclic) bond motifs is 1. The number of rotatable bonds is 5. The number of carbonyl (C=O) groups is 2. The third-order valence-electron chi connectivity index (χ3n) is 3.51. The van der Waals surface area contributed by atoms with Gasteiger partial charge in [-0.1, -0.05) is 18.2 Å². The molecule has 7 nitrogen and oxygen atoms in total. The summed E-state index contributed by atoms with van der Waals surface area (Å²) >= 11 is 0. The Morgan fingerprint density at radius 1 is 1.04 bits per heavy atom. The molecule has 2 aromatic carbocycles. The summed E-state index contributed by atoms with van der Waals surface area (Å²) in [6.45, 7) is 2.98. The van der Waals surface area contributed by atoms with Crippen molar-refractivity contribution in [3.05, 3.63) is 64.5 Å². The van der Waals surface area contributed by atoms with E-state index in [-0.39, 0.29) is 34.8 Å². The van der Waals surface area contributed by atoms with Crippen molar-refractivity contribution in [2.75, 3.05) is 6.61 Å². The minimum atomic E-state index is -0.833. The van der Waals surface area contributed by atoms with Crippen molar-refractivity contribution in [2.45, 2.75) is 13.8 Å². The first kappa shape index (κ1) is 18.2. The Morgan fingerprint density at radius 3 is 2.44 bits per heavy atom. The molecule has 0 aliphatic carbocycles. The maximum atomic E-state index is 12.9. The normalized spacial score (nSPS) is 10.4. The standard InChI is InChI=1S/C20H16O7/c1-3-24-20(23)19-18(26-13-7-5-4-6-8-13)17(22)15-10-9-14(25-12(2)21)11-16(15)27-19/h4-11H,3H2,1-2H3. The van der Waals surface area contributed by atoms with Gasteiger partial charge in [0.1, 0.15) is 17.1 Å². The zero-order valence-corrected chi connectivity index (χ0v) is 14.7. The van der Waals surface area contributed by atoms with Crippen molar-refractivity contribution in [3.8, 4) is 17.2 Å². The largest absolute Gasteiger partial charge is 0.460 e. The molecule has 0 amide bonds. The van der Waals surface area contributed by atoms with Crippen molar-refractivity contribution >= 4 is 22.9 Å². The summed E-state index contributed by atoms with van der Waals surface area (Å²) in [6.07, 6.45) is 0. The Bertz CT molecular complexity index is 1050. The molecule has 0 aliphatic rings. The average molecular weight is 368 g/mol. The first-order chi connectivity index (χ1) is 13.0. The van der Waals surface area contributed by atoms with Crippen LogP contribution in [0.5, 0.6) is 17.2 Å². The third kappa shape index (κ3) is 3.98. The highest BCUT2D eigenvalue weighted by Gasteiger charge is 2.24. The number of esters is 2. The summed E-state index contributed by atoms with van der Waals surface area (Å²) in [4.78, 5) is 36.3. The minimum absolute atomic E-state index is 0.0715. The van der Waals surface area contributed by atoms with Gasteiger partial charge in [0.15, 0.2) is 0 Å². The van der Waals surface area contributed by atoms with Crippen molar-refractivity contribution in [1.29, 1.82) is 0 Å². The molecule has 27 heavy (non-hydrogen) atoms. The Labute approximate surface area is 154 Å². The number of carbonyl (C=O) groups excluding carboxylic acids is 2. The van der Waals surface area contributed by atoms with E-state index in [1.165, 1.54) is 25.1 Å². The van der Waals surface area contributed by atoms with Crippen LogP contribution in [0.4, 0.5) is 0 Å². The van der Waals surface area contributed by atoms with Crippen LogP contribution in [0.2, 0.25) is 0 Å². The Morgan fingerprint density at radius 2 is 1.78 bits per heavy atom. The lowest BCUT2D eigenvalue weighted by Gasteiger charge is -2.11. The minimum Gasteiger partial charge on any atom is -0.460 e. The summed E-state index contributed by atoms with van der Waals surface area (Å²) < 4.78 is 21.2. The summed E-state index contributed by atoms with van der Waals surface area (Å²) in [6, 6.07) is 12.8. The van der Waals surface area contributed by atoms with Crippen LogP contribution in [0.25, 0.3) is 11.0 Å². The topological polar surface area (TPSA) is 92.0 Å². The van der Waals surface area contributed by atoms with Gasteiger partial charge < -0.3 is 18.6 Å². The van der Waals surface area contributed by atoms with Crippen molar-refractivity contribution in [2.24, 2.45) is 0 Å². The first-order valence-corrected chi connectivity index (χ1v) is 8.19. The van der Waals surface area contributed by atoms with E-state index in [0.29, 0.717) is 5.75 Å². The van der Waals surface area contributed by atoms with Gasteiger partial charge in [-0.15, -0.1) is 0 Å². The fourth-order valence-corrected chi connectivity index (χ4v) is 2.42. The van der Waals surface area contributed by atoms with Gasteiger partial charge in [-0.2, -0.15) is 0 Å². The molecule has 0 saturated carbocycles. The van der Waals surface area contributed by atoms with Crippen LogP contribution in [0.1, 0.15) is 24.4 Å². The molecule has 7 heteroatoms. The van der Waals surface area contributed by atoms with E-state index in [9.17, 15) is 14.4 Å². The molecule has 138 valence electrons. The molecule has 0 spiro atoms. The molecule has 0 radical (unpaired) electrons. The molecule has 0 atom stereocenters. The molecule has 0 fully saturated rings. The number of hydrogen-bond donors (Lipinski definition) is 0. The van der Waals surface area contributed by atoms with E-state index in [0.717, 1.165) is 0 Å². The molecule has 1 heterocycles. The van der Waals surface area contributed by atoms with E-state index in [1.807, 2.05) is 0 Å². The predicted molar refractivity (Wildman–Crippen MR) is 96.3 cm³/mol. The number of para-hydroxylation sites is 1. The molecule has 0 saturated heterocycles. The van der Waals surface area contributed by atoms with Gasteiger partial charge >= 0.3 is 11.9 Å². The molecular formula is C20H16O7. The number of benzene rings is 2. The highest BCUT2D eigenvalue weighted by Crippen LogP contribution is 2.28. The van der Waals surface area contributed by atoms with Crippen LogP contribution in [0.15, 0.2) is 57.7 Å². The second-order valence-corrected chi connectivity index (χ2v) is 5.48. The van der Waals surface area contributed by atoms with Gasteiger partial charge in [0.25, 0.3) is 5.76 Å². The highest BCUT2D eigenvalue weighted by molar-refractivity contribution is 5.93. The summed E-state index contributed by atoms with van der Waals surface area (Å²) in [5.41, 5.74) is -0.472. The van der Waals surface area contributed by atoms with Crippen LogP contribution in [-0.4, -0.2) is 18.5 Å². The van der Waals surface area contributed by atoms with Crippen molar-refractivity contribution in [1.82, 2.24) is 0 Å². The SMILES string of the molecule is CCOC(=O)c1oc2cc(OC(C)=O)ccc2c(=O)c1Oc1ccccc1. The average Bonchev–Trinajstić information content (AvgIpc) is 2.64. The Balaban J connectivity index is 2.17. The van der Waals surface area contributed by atoms with Crippen LogP contribution in [0, 0.1) is 0 Å². The summed E-state index contributed by atoms with van der Waals surface area (Å²) in [7, 11) is 0. The van der Waals surface area contributed by atoms with E-state index >= 15 is 0 Å². The van der Waals surface area contributed by atoms with Gasteiger partial charge in [-0.25, -0.2) is 4.79 Å². The smallest absolute Gasteiger partial charge is 0.378 e. The summed E-state index contributed by atoms with van der Waals surface area (Å²) in [5, 5.41) is 0.171. The molecule has 0 aliphatic heterocycles. The van der Waals surface area contributed by atoms with E-state index in [4.69, 9.17) is 18.6 Å². The van der Waals surface area contributed by atoms with Gasteiger partial charge in [-0.05, 0) is 31.2 Å². The molecule has 1 aromatic heterocycles. The zero-order chi connectivity index (χ0) is 19.4. The monoisotopic (exact) mass is 368 g/mol. The van der Waals surface area contributed by atoms with E-state index in [2.05, 4.69) is 0 Å². The molecule has 3 aromatic rings. The second-order valence-electron chi connectivity index (χ2n) is 5.48. The third-order valence-corrected chi connectivity index (χ3v) is 3.51. The van der Waals surface area contributed by atoms with Gasteiger partial charge in [0, 0.05) is 13.0 Å². The Kier molecular flexibility index (Phi) is 5.21. The maximum absolute atomic E-state index is 12.9. The molecule has 0 unspecified atom stereocenters. The van der Waals surface area contributed by atoms with Gasteiger partial charge in [0.05, 0.1) is 12.0 Å². The van der Waals surface area contributed by atoms with Crippen LogP contribution >= 0.6 is 0 Å². The van der Waals surface area contributed by atoms with Crippen molar-refractivity contribution < 1.29 is 28.2 Å². The number of hydrogen-bond acceptors (Lipinski definition) is 7. The highest BCUT2D eigenvalue weighted by atomic mass is 16.6. The lowest BCUT2D eigenvalue weighted by molar-refractivity contribution is -0.131. The first-order valence-electron chi connectivity index (χ1n) is 8.19. The van der Waals surface area contributed by atoms with Gasteiger partial charge in [0.2, 0.25) is 11.2 Å². The predicted octanol–water partition coefficient (Wildman–Crippen LogP) is 3.69. The maximum Gasteiger partial charge on any atom is 0.378 e. The molecular weight excluding hydrogens is 352 g/mol. The summed E-state index contributed by atoms with van der Waals surface area (Å²) in [5.74, 6) is -1.44.